The van der Waals surface area contributed by atoms with Gasteiger partial charge in [0.25, 0.3) is 0 Å². The number of aliphatic hydroxyl groups is 2. The minimum Gasteiger partial charge on any atom is -0.408 e. The van der Waals surface area contributed by atoms with Crippen molar-refractivity contribution in [3.8, 4) is 0 Å². The monoisotopic (exact) mass is 334 g/mol. The molecule has 0 aliphatic carbocycles. The summed E-state index contributed by atoms with van der Waals surface area (Å²) in [5.41, 5.74) is 0. The lowest BCUT2D eigenvalue weighted by Crippen LogP contribution is -2.67. The molecule has 130 valence electrons. The van der Waals surface area contributed by atoms with E-state index in [0.717, 1.165) is 0 Å². The van der Waals surface area contributed by atoms with E-state index in [1.165, 1.54) is 0 Å². The quantitative estimate of drug-likeness (QED) is 0.747. The van der Waals surface area contributed by atoms with Gasteiger partial charge in [0, 0.05) is 0 Å². The molecule has 0 saturated carbocycles. The summed E-state index contributed by atoms with van der Waals surface area (Å²) in [6.45, 7) is 14.6. The van der Waals surface area contributed by atoms with Crippen LogP contribution in [-0.2, 0) is 18.6 Å². The minimum atomic E-state index is -2.13. The largest absolute Gasteiger partial charge is 0.408 e. The van der Waals surface area contributed by atoms with E-state index in [1.807, 2.05) is 13.8 Å². The Morgan fingerprint density at radius 2 is 1.77 bits per heavy atom. The SMILES string of the molecule is CC1(C)OC[C@H]2OC(O)[C@H](O)[C@@H](O[Si](C)(C)C(C)(C)C)[C@@H]2O1. The molecule has 6 nitrogen and oxygen atoms in total. The molecule has 2 heterocycles. The molecule has 2 fully saturated rings. The summed E-state index contributed by atoms with van der Waals surface area (Å²) in [5, 5.41) is 20.3. The van der Waals surface area contributed by atoms with Gasteiger partial charge in [-0.1, -0.05) is 20.8 Å². The highest BCUT2D eigenvalue weighted by atomic mass is 28.4. The molecule has 0 aromatic carbocycles. The minimum absolute atomic E-state index is 0.00778. The molecule has 0 spiro atoms. The molecule has 2 N–H and O–H groups in total. The second kappa shape index (κ2) is 5.80. The molecular weight excluding hydrogens is 304 g/mol. The Labute approximate surface area is 133 Å². The van der Waals surface area contributed by atoms with E-state index in [2.05, 4.69) is 33.9 Å². The zero-order valence-corrected chi connectivity index (χ0v) is 15.6. The maximum atomic E-state index is 10.4. The van der Waals surface area contributed by atoms with Crippen LogP contribution in [0.4, 0.5) is 0 Å². The number of hydrogen-bond acceptors (Lipinski definition) is 6. The molecule has 2 rings (SSSR count). The number of hydrogen-bond donors (Lipinski definition) is 2. The first-order valence-corrected chi connectivity index (χ1v) is 10.8. The van der Waals surface area contributed by atoms with Gasteiger partial charge in [0.1, 0.15) is 24.4 Å². The molecular formula is C15H30O6Si. The van der Waals surface area contributed by atoms with Gasteiger partial charge in [-0.05, 0) is 32.0 Å². The maximum absolute atomic E-state index is 10.4. The van der Waals surface area contributed by atoms with Gasteiger partial charge in [-0.25, -0.2) is 0 Å². The predicted octanol–water partition coefficient (Wildman–Crippen LogP) is 1.61. The molecule has 7 heteroatoms. The highest BCUT2D eigenvalue weighted by molar-refractivity contribution is 6.74. The summed E-state index contributed by atoms with van der Waals surface area (Å²) >= 11 is 0. The average Bonchev–Trinajstić information content (AvgIpc) is 2.34. The van der Waals surface area contributed by atoms with Crippen LogP contribution in [0, 0.1) is 0 Å². The molecule has 0 bridgehead atoms. The van der Waals surface area contributed by atoms with Crippen LogP contribution in [0.5, 0.6) is 0 Å². The van der Waals surface area contributed by atoms with Crippen molar-refractivity contribution < 1.29 is 28.8 Å². The third-order valence-electron chi connectivity index (χ3n) is 4.89. The zero-order valence-electron chi connectivity index (χ0n) is 14.6. The fourth-order valence-electron chi connectivity index (χ4n) is 2.48. The van der Waals surface area contributed by atoms with Crippen molar-refractivity contribution in [3.63, 3.8) is 0 Å². The first-order valence-electron chi connectivity index (χ1n) is 7.85. The van der Waals surface area contributed by atoms with Crippen LogP contribution in [-0.4, -0.2) is 61.6 Å². The van der Waals surface area contributed by atoms with Crippen LogP contribution >= 0.6 is 0 Å². The molecule has 0 amide bonds. The molecule has 2 aliphatic rings. The lowest BCUT2D eigenvalue weighted by molar-refractivity contribution is -0.375. The van der Waals surface area contributed by atoms with Crippen molar-refractivity contribution in [2.75, 3.05) is 6.61 Å². The van der Waals surface area contributed by atoms with Gasteiger partial charge >= 0.3 is 0 Å². The van der Waals surface area contributed by atoms with Gasteiger partial charge in [-0.3, -0.25) is 0 Å². The summed E-state index contributed by atoms with van der Waals surface area (Å²) < 4.78 is 23.3. The van der Waals surface area contributed by atoms with E-state index in [4.69, 9.17) is 18.6 Å². The van der Waals surface area contributed by atoms with Crippen molar-refractivity contribution in [3.05, 3.63) is 0 Å². The predicted molar refractivity (Wildman–Crippen MR) is 83.9 cm³/mol. The third-order valence-corrected chi connectivity index (χ3v) is 9.36. The molecule has 1 unspecified atom stereocenters. The van der Waals surface area contributed by atoms with Crippen molar-refractivity contribution >= 4 is 8.32 Å². The van der Waals surface area contributed by atoms with Crippen LogP contribution in [0.1, 0.15) is 34.6 Å². The first kappa shape index (κ1) is 18.3. The molecule has 22 heavy (non-hydrogen) atoms. The number of fused-ring (bicyclic) bond motifs is 1. The number of rotatable bonds is 2. The topological polar surface area (TPSA) is 77.4 Å². The van der Waals surface area contributed by atoms with Crippen molar-refractivity contribution in [2.45, 2.75) is 89.2 Å². The average molecular weight is 334 g/mol. The Morgan fingerprint density at radius 3 is 2.32 bits per heavy atom. The maximum Gasteiger partial charge on any atom is 0.192 e. The molecule has 5 atom stereocenters. The van der Waals surface area contributed by atoms with Gasteiger partial charge < -0.3 is 28.8 Å². The van der Waals surface area contributed by atoms with Gasteiger partial charge in [-0.15, -0.1) is 0 Å². The number of aliphatic hydroxyl groups excluding tert-OH is 2. The lowest BCUT2D eigenvalue weighted by atomic mass is 9.97. The molecule has 2 aliphatic heterocycles. The van der Waals surface area contributed by atoms with Crippen molar-refractivity contribution in [1.82, 2.24) is 0 Å². The van der Waals surface area contributed by atoms with Crippen LogP contribution in [0.3, 0.4) is 0 Å². The summed E-state index contributed by atoms with van der Waals surface area (Å²) in [6, 6.07) is 0. The van der Waals surface area contributed by atoms with Crippen LogP contribution in [0.15, 0.2) is 0 Å². The van der Waals surface area contributed by atoms with E-state index in [0.29, 0.717) is 6.61 Å². The van der Waals surface area contributed by atoms with Gasteiger partial charge in [-0.2, -0.15) is 0 Å². The Morgan fingerprint density at radius 1 is 1.18 bits per heavy atom. The van der Waals surface area contributed by atoms with Gasteiger partial charge in [0.2, 0.25) is 0 Å². The molecule has 2 saturated heterocycles. The highest BCUT2D eigenvalue weighted by Crippen LogP contribution is 2.41. The van der Waals surface area contributed by atoms with E-state index >= 15 is 0 Å². The zero-order chi connectivity index (χ0) is 16.9. The summed E-state index contributed by atoms with van der Waals surface area (Å²) in [6.07, 6.45) is -3.95. The summed E-state index contributed by atoms with van der Waals surface area (Å²) in [4.78, 5) is 0. The van der Waals surface area contributed by atoms with E-state index in [1.54, 1.807) is 0 Å². The van der Waals surface area contributed by atoms with E-state index in [-0.39, 0.29) is 5.04 Å². The van der Waals surface area contributed by atoms with E-state index < -0.39 is 44.8 Å². The molecule has 0 aromatic rings. The Bertz CT molecular complexity index is 405. The van der Waals surface area contributed by atoms with Gasteiger partial charge in [0.05, 0.1) is 6.61 Å². The normalized spacial score (nSPS) is 39.4. The second-order valence-electron chi connectivity index (χ2n) is 8.19. The molecule has 0 radical (unpaired) electrons. The third kappa shape index (κ3) is 3.56. The standard InChI is InChI=1S/C15H30O6Si/c1-14(2,3)22(6,7)21-12-10(16)13(17)19-9-8-18-15(4,5)20-11(9)12/h9-13,16-17H,8H2,1-7H3/t9-,10-,11-,12-,13?/m1/s1. The van der Waals surface area contributed by atoms with Crippen molar-refractivity contribution in [2.24, 2.45) is 0 Å². The summed E-state index contributed by atoms with van der Waals surface area (Å²) in [5.74, 6) is -0.762. The first-order chi connectivity index (χ1) is 9.84. The Balaban J connectivity index is 2.24. The molecule has 0 aromatic heterocycles. The van der Waals surface area contributed by atoms with Gasteiger partial charge in [0.15, 0.2) is 20.4 Å². The number of ether oxygens (including phenoxy) is 3. The van der Waals surface area contributed by atoms with Crippen LogP contribution in [0.2, 0.25) is 18.1 Å². The van der Waals surface area contributed by atoms with Crippen LogP contribution in [0.25, 0.3) is 0 Å². The Hall–Kier alpha value is -0.0231. The van der Waals surface area contributed by atoms with Crippen LogP contribution < -0.4 is 0 Å². The fraction of sp³-hybridized carbons (Fsp3) is 1.00. The highest BCUT2D eigenvalue weighted by Gasteiger charge is 2.53. The Kier molecular flexibility index (Phi) is 4.83. The second-order valence-corrected chi connectivity index (χ2v) is 12.9. The smallest absolute Gasteiger partial charge is 0.192 e. The lowest BCUT2D eigenvalue weighted by Gasteiger charge is -2.51. The fourth-order valence-corrected chi connectivity index (χ4v) is 3.79. The van der Waals surface area contributed by atoms with E-state index in [9.17, 15) is 10.2 Å². The van der Waals surface area contributed by atoms with Crippen molar-refractivity contribution in [1.29, 1.82) is 0 Å². The summed E-state index contributed by atoms with van der Waals surface area (Å²) in [7, 11) is -2.13.